The molecule has 1 aromatic heterocycles. The highest BCUT2D eigenvalue weighted by atomic mass is 32.1. The molecule has 0 fully saturated rings. The summed E-state index contributed by atoms with van der Waals surface area (Å²) in [5.74, 6) is -0.282. The Balaban J connectivity index is 2.50. The van der Waals surface area contributed by atoms with Crippen molar-refractivity contribution in [2.75, 3.05) is 13.2 Å². The molecule has 0 aliphatic carbocycles. The Morgan fingerprint density at radius 1 is 1.53 bits per heavy atom. The van der Waals surface area contributed by atoms with Crippen LogP contribution >= 0.6 is 12.2 Å². The molecule has 0 radical (unpaired) electrons. The summed E-state index contributed by atoms with van der Waals surface area (Å²) in [6.45, 7) is 5.17. The van der Waals surface area contributed by atoms with Crippen molar-refractivity contribution in [3.05, 3.63) is 28.8 Å². The fraction of sp³-hybridized carbons (Fsp3) is 0.417. The van der Waals surface area contributed by atoms with E-state index in [9.17, 15) is 4.39 Å². The highest BCUT2D eigenvalue weighted by Gasteiger charge is 2.13. The average Bonchev–Trinajstić information content (AvgIpc) is 2.64. The predicted molar refractivity (Wildman–Crippen MR) is 68.3 cm³/mol. The van der Waals surface area contributed by atoms with Gasteiger partial charge in [0, 0.05) is 6.61 Å². The van der Waals surface area contributed by atoms with Gasteiger partial charge in [0.15, 0.2) is 4.77 Å². The van der Waals surface area contributed by atoms with E-state index < -0.39 is 0 Å². The van der Waals surface area contributed by atoms with Crippen molar-refractivity contribution >= 4 is 23.3 Å². The smallest absolute Gasteiger partial charge is 0.178 e. The summed E-state index contributed by atoms with van der Waals surface area (Å²) in [5, 5.41) is 0. The Labute approximate surface area is 104 Å². The molecule has 1 heterocycles. The minimum absolute atomic E-state index is 0.0815. The molecule has 1 unspecified atom stereocenters. The fourth-order valence-electron chi connectivity index (χ4n) is 1.91. The van der Waals surface area contributed by atoms with Gasteiger partial charge in [0.2, 0.25) is 0 Å². The molecule has 1 N–H and O–H groups in total. The normalized spacial score (nSPS) is 13.1. The second-order valence-electron chi connectivity index (χ2n) is 3.94. The van der Waals surface area contributed by atoms with E-state index in [0.717, 1.165) is 5.52 Å². The molecule has 1 aromatic carbocycles. The first-order valence-corrected chi connectivity index (χ1v) is 6.02. The second-order valence-corrected chi connectivity index (χ2v) is 4.33. The molecule has 0 saturated carbocycles. The molecule has 0 aliphatic rings. The minimum atomic E-state index is -0.282. The van der Waals surface area contributed by atoms with Crippen LogP contribution in [0.2, 0.25) is 0 Å². The highest BCUT2D eigenvalue weighted by Crippen LogP contribution is 2.21. The van der Waals surface area contributed by atoms with Crippen LogP contribution in [-0.2, 0) is 4.74 Å². The number of nitrogens with zero attached hydrogens (tertiary/aromatic N) is 1. The number of para-hydroxylation sites is 1. The Morgan fingerprint density at radius 2 is 2.29 bits per heavy atom. The first kappa shape index (κ1) is 12.3. The van der Waals surface area contributed by atoms with Crippen molar-refractivity contribution in [3.8, 4) is 0 Å². The second kappa shape index (κ2) is 4.98. The van der Waals surface area contributed by atoms with E-state index in [-0.39, 0.29) is 11.9 Å². The van der Waals surface area contributed by atoms with E-state index in [0.29, 0.717) is 23.5 Å². The summed E-state index contributed by atoms with van der Waals surface area (Å²) in [7, 11) is 0. The Kier molecular flexibility index (Phi) is 3.59. The molecule has 1 atom stereocenters. The van der Waals surface area contributed by atoms with Crippen LogP contribution in [0.3, 0.4) is 0 Å². The molecule has 0 amide bonds. The van der Waals surface area contributed by atoms with E-state index in [2.05, 4.69) is 4.98 Å². The van der Waals surface area contributed by atoms with Gasteiger partial charge in [-0.3, -0.25) is 0 Å². The van der Waals surface area contributed by atoms with Gasteiger partial charge in [-0.05, 0) is 38.2 Å². The van der Waals surface area contributed by atoms with Crippen molar-refractivity contribution in [2.45, 2.75) is 19.9 Å². The van der Waals surface area contributed by atoms with Crippen LogP contribution < -0.4 is 0 Å². The van der Waals surface area contributed by atoms with Gasteiger partial charge in [-0.15, -0.1) is 0 Å². The number of ether oxygens (including phenoxy) is 1. The number of aromatic amines is 1. The average molecular weight is 254 g/mol. The number of nitrogens with one attached hydrogen (secondary N) is 1. The van der Waals surface area contributed by atoms with Crippen molar-refractivity contribution in [2.24, 2.45) is 0 Å². The molecule has 2 rings (SSSR count). The number of fused-ring (bicyclic) bond motifs is 1. The van der Waals surface area contributed by atoms with Crippen LogP contribution in [0.15, 0.2) is 18.2 Å². The van der Waals surface area contributed by atoms with Crippen LogP contribution in [0.25, 0.3) is 11.0 Å². The maximum absolute atomic E-state index is 13.6. The summed E-state index contributed by atoms with van der Waals surface area (Å²) >= 11 is 5.22. The van der Waals surface area contributed by atoms with Gasteiger partial charge in [0.25, 0.3) is 0 Å². The zero-order valence-electron chi connectivity index (χ0n) is 9.87. The minimum Gasteiger partial charge on any atom is -0.380 e. The fourth-order valence-corrected chi connectivity index (χ4v) is 2.29. The molecule has 3 nitrogen and oxygen atoms in total. The number of imidazole rings is 1. The van der Waals surface area contributed by atoms with Crippen molar-refractivity contribution < 1.29 is 9.13 Å². The molecule has 92 valence electrons. The van der Waals surface area contributed by atoms with E-state index in [1.54, 1.807) is 6.07 Å². The Morgan fingerprint density at radius 3 is 3.00 bits per heavy atom. The van der Waals surface area contributed by atoms with Gasteiger partial charge in [-0.2, -0.15) is 0 Å². The van der Waals surface area contributed by atoms with Crippen LogP contribution in [0.5, 0.6) is 0 Å². The SMILES string of the molecule is CCOCC(C)n1c(=S)[nH]c2c(F)cccc21. The lowest BCUT2D eigenvalue weighted by atomic mass is 10.3. The summed E-state index contributed by atoms with van der Waals surface area (Å²) in [4.78, 5) is 2.90. The van der Waals surface area contributed by atoms with E-state index in [1.165, 1.54) is 6.07 Å². The van der Waals surface area contributed by atoms with Gasteiger partial charge in [0.1, 0.15) is 11.3 Å². The van der Waals surface area contributed by atoms with Gasteiger partial charge in [-0.25, -0.2) is 4.39 Å². The molecular weight excluding hydrogens is 239 g/mol. The maximum atomic E-state index is 13.6. The standard InChI is InChI=1S/C12H15FN2OS/c1-3-16-7-8(2)15-10-6-4-5-9(13)11(10)14-12(15)17/h4-6,8H,3,7H2,1-2H3,(H,14,17). The van der Waals surface area contributed by atoms with Crippen LogP contribution in [-0.4, -0.2) is 22.8 Å². The largest absolute Gasteiger partial charge is 0.380 e. The molecule has 0 spiro atoms. The first-order valence-electron chi connectivity index (χ1n) is 5.61. The molecule has 17 heavy (non-hydrogen) atoms. The third-order valence-corrected chi connectivity index (χ3v) is 3.00. The van der Waals surface area contributed by atoms with E-state index >= 15 is 0 Å². The van der Waals surface area contributed by atoms with Crippen LogP contribution in [0.1, 0.15) is 19.9 Å². The summed E-state index contributed by atoms with van der Waals surface area (Å²) < 4.78 is 21.4. The quantitative estimate of drug-likeness (QED) is 0.847. The van der Waals surface area contributed by atoms with Gasteiger partial charge in [0.05, 0.1) is 18.2 Å². The summed E-state index contributed by atoms with van der Waals surface area (Å²) in [6.07, 6.45) is 0. The lowest BCUT2D eigenvalue weighted by Crippen LogP contribution is -2.12. The van der Waals surface area contributed by atoms with Crippen LogP contribution in [0, 0.1) is 10.6 Å². The number of hydrogen-bond donors (Lipinski definition) is 1. The Hall–Kier alpha value is -1.20. The Bertz CT molecular complexity index is 575. The zero-order chi connectivity index (χ0) is 12.4. The molecule has 2 aromatic rings. The predicted octanol–water partition coefficient (Wildman–Crippen LogP) is 3.44. The number of benzene rings is 1. The summed E-state index contributed by atoms with van der Waals surface area (Å²) in [5.41, 5.74) is 1.24. The van der Waals surface area contributed by atoms with Gasteiger partial charge < -0.3 is 14.3 Å². The number of rotatable bonds is 4. The van der Waals surface area contributed by atoms with Crippen molar-refractivity contribution in [1.29, 1.82) is 0 Å². The molecule has 5 heteroatoms. The highest BCUT2D eigenvalue weighted by molar-refractivity contribution is 7.71. The van der Waals surface area contributed by atoms with E-state index in [1.807, 2.05) is 24.5 Å². The molecule has 0 aliphatic heterocycles. The molecule has 0 saturated heterocycles. The third kappa shape index (κ3) is 2.25. The van der Waals surface area contributed by atoms with Crippen molar-refractivity contribution in [1.82, 2.24) is 9.55 Å². The molecule has 0 bridgehead atoms. The number of H-pyrrole nitrogens is 1. The number of aromatic nitrogens is 2. The number of halogens is 1. The monoisotopic (exact) mass is 254 g/mol. The lowest BCUT2D eigenvalue weighted by molar-refractivity contribution is 0.119. The van der Waals surface area contributed by atoms with Crippen molar-refractivity contribution in [3.63, 3.8) is 0 Å². The summed E-state index contributed by atoms with van der Waals surface area (Å²) in [6, 6.07) is 5.04. The number of hydrogen-bond acceptors (Lipinski definition) is 2. The molecular formula is C12H15FN2OS. The van der Waals surface area contributed by atoms with E-state index in [4.69, 9.17) is 17.0 Å². The van der Waals surface area contributed by atoms with Gasteiger partial charge >= 0.3 is 0 Å². The van der Waals surface area contributed by atoms with Gasteiger partial charge in [-0.1, -0.05) is 6.07 Å². The van der Waals surface area contributed by atoms with Crippen LogP contribution in [0.4, 0.5) is 4.39 Å². The zero-order valence-corrected chi connectivity index (χ0v) is 10.7. The topological polar surface area (TPSA) is 29.9 Å². The maximum Gasteiger partial charge on any atom is 0.178 e. The third-order valence-electron chi connectivity index (χ3n) is 2.71. The lowest BCUT2D eigenvalue weighted by Gasteiger charge is -2.14. The first-order chi connectivity index (χ1) is 8.15.